The Hall–Kier alpha value is -11.9. The Morgan fingerprint density at radius 3 is 1.63 bits per heavy atom. The standard InChI is InChI=1S/C71H107N17O25/c1-8-35(4)18-13-11-9-10-12-14-22-51(91)80-43(25-39-31-75-41-20-16-15-19-40(39)41)65(106)83-45(27-50(74)90)66(107)85-48(30-57(100)101)68(109)88-60-38(7)113-71(112)58(34(2)3)86-70(111)59(36(5)24-54(94)95)87-67(108)44(26-49(73)89)81-53(93)32-76-62(103)46(28-55(96)97)82-61(102)37(6)78-64(105)47(29-56(98)99)84-63(104)42(21-17-23-72)79-52(92)33-77-69(60)110/h15-16,19-20,31,34-38,42-48,58-60,75H,8-14,17-18,21-30,32-33,72H2,1-7H3,(H2,73,89)(H2,74,90)(H,76,103)(H,77,110)(H,78,105)(H,79,92)(H,80,91)(H,81,93)(H,82,102)(H,83,106)(H,84,104)(H,85,107)(H,86,111)(H,87,108)(H,88,109)(H,94,95)(H,96,97)(H,98,99)(H,100,101). The van der Waals surface area contributed by atoms with E-state index < -0.39 is 254 Å². The molecule has 24 N–H and O–H groups in total. The van der Waals surface area contributed by atoms with Crippen LogP contribution in [-0.4, -0.2) is 236 Å². The molecule has 3 rings (SSSR count). The number of carbonyl (C=O) groups is 20. The predicted molar refractivity (Wildman–Crippen MR) is 396 cm³/mol. The number of benzene rings is 1. The van der Waals surface area contributed by atoms with Gasteiger partial charge in [-0.3, -0.25) is 91.1 Å². The number of aliphatic carboxylic acids is 4. The topological polar surface area (TPSA) is 682 Å². The molecule has 1 aliphatic heterocycles. The molecule has 0 bridgehead atoms. The summed E-state index contributed by atoms with van der Waals surface area (Å²) in [5.41, 5.74) is 17.9. The van der Waals surface area contributed by atoms with Crippen molar-refractivity contribution >= 4 is 129 Å². The summed E-state index contributed by atoms with van der Waals surface area (Å²) in [6, 6.07) is -14.8. The number of aromatic amines is 1. The number of carboxylic acid groups (broad SMARTS) is 4. The maximum atomic E-state index is 14.7. The van der Waals surface area contributed by atoms with Gasteiger partial charge >= 0.3 is 29.8 Å². The van der Waals surface area contributed by atoms with Crippen LogP contribution in [0.25, 0.3) is 10.9 Å². The van der Waals surface area contributed by atoms with Crippen LogP contribution in [0.4, 0.5) is 0 Å². The quantitative estimate of drug-likeness (QED) is 0.0225. The molecule has 0 radical (unpaired) electrons. The van der Waals surface area contributed by atoms with Gasteiger partial charge in [-0.1, -0.05) is 97.8 Å². The van der Waals surface area contributed by atoms with E-state index in [4.69, 9.17) is 21.9 Å². The molecule has 626 valence electrons. The number of hydrogen-bond acceptors (Lipinski definition) is 22. The first-order chi connectivity index (χ1) is 53.1. The second kappa shape index (κ2) is 48.0. The smallest absolute Gasteiger partial charge is 0.329 e. The zero-order valence-electron chi connectivity index (χ0n) is 64.0. The number of cyclic esters (lactones) is 1. The van der Waals surface area contributed by atoms with Gasteiger partial charge in [0.25, 0.3) is 0 Å². The van der Waals surface area contributed by atoms with Crippen molar-refractivity contribution in [2.75, 3.05) is 19.6 Å². The van der Waals surface area contributed by atoms with Crippen molar-refractivity contribution in [1.82, 2.24) is 74.1 Å². The van der Waals surface area contributed by atoms with Gasteiger partial charge in [0.05, 0.1) is 51.6 Å². The van der Waals surface area contributed by atoms with Gasteiger partial charge in [-0.15, -0.1) is 0 Å². The molecule has 42 heteroatoms. The van der Waals surface area contributed by atoms with Crippen molar-refractivity contribution < 1.29 is 121 Å². The van der Waals surface area contributed by atoms with Crippen molar-refractivity contribution in [3.05, 3.63) is 36.0 Å². The Kier molecular flexibility index (Phi) is 40.5. The lowest BCUT2D eigenvalue weighted by Crippen LogP contribution is -2.62. The van der Waals surface area contributed by atoms with E-state index in [-0.39, 0.29) is 32.2 Å². The molecule has 1 aromatic heterocycles. The summed E-state index contributed by atoms with van der Waals surface area (Å²) < 4.78 is 5.68. The van der Waals surface area contributed by atoms with Crippen LogP contribution >= 0.6 is 0 Å². The summed E-state index contributed by atoms with van der Waals surface area (Å²) >= 11 is 0. The second-order valence-electron chi connectivity index (χ2n) is 28.0. The number of hydrogen-bond donors (Lipinski definition) is 21. The lowest BCUT2D eigenvalue weighted by Gasteiger charge is -2.31. The fraction of sp³-hybridized carbons (Fsp3) is 0.606. The van der Waals surface area contributed by atoms with Gasteiger partial charge in [0.15, 0.2) is 0 Å². The Bertz CT molecular complexity index is 3760. The molecule has 1 saturated heterocycles. The Labute approximate surface area is 649 Å². The highest BCUT2D eigenvalue weighted by atomic mass is 16.5. The highest BCUT2D eigenvalue weighted by Gasteiger charge is 2.41. The molecule has 113 heavy (non-hydrogen) atoms. The number of aromatic nitrogens is 1. The van der Waals surface area contributed by atoms with Crippen LogP contribution in [0, 0.1) is 17.8 Å². The van der Waals surface area contributed by atoms with E-state index in [1.54, 1.807) is 30.5 Å². The van der Waals surface area contributed by atoms with E-state index in [2.05, 4.69) is 77.3 Å². The van der Waals surface area contributed by atoms with Crippen molar-refractivity contribution in [2.24, 2.45) is 35.0 Å². The number of esters is 1. The summed E-state index contributed by atoms with van der Waals surface area (Å²) in [7, 11) is 0. The number of nitrogens with one attached hydrogen (secondary N) is 14. The van der Waals surface area contributed by atoms with Crippen molar-refractivity contribution in [3.8, 4) is 0 Å². The van der Waals surface area contributed by atoms with Crippen LogP contribution in [0.15, 0.2) is 30.5 Å². The van der Waals surface area contributed by atoms with Crippen LogP contribution in [0.2, 0.25) is 0 Å². The Morgan fingerprint density at radius 1 is 0.531 bits per heavy atom. The molecular weight excluding hydrogens is 1490 g/mol. The number of H-pyrrole nitrogens is 1. The summed E-state index contributed by atoms with van der Waals surface area (Å²) in [5.74, 6) is -29.4. The lowest BCUT2D eigenvalue weighted by atomic mass is 9.95. The van der Waals surface area contributed by atoms with Crippen LogP contribution < -0.4 is 86.3 Å². The molecule has 0 spiro atoms. The average molecular weight is 1600 g/mol. The van der Waals surface area contributed by atoms with Crippen LogP contribution in [-0.2, 0) is 107 Å². The number of carboxylic acids is 4. The first-order valence-corrected chi connectivity index (χ1v) is 36.9. The molecule has 1 aliphatic rings. The third kappa shape index (κ3) is 34.5. The minimum absolute atomic E-state index is 0.00234. The molecule has 14 unspecified atom stereocenters. The second-order valence-corrected chi connectivity index (χ2v) is 28.0. The van der Waals surface area contributed by atoms with Crippen LogP contribution in [0.3, 0.4) is 0 Å². The number of nitrogens with two attached hydrogens (primary N) is 3. The maximum absolute atomic E-state index is 14.7. The number of amides is 15. The van der Waals surface area contributed by atoms with E-state index in [1.165, 1.54) is 13.8 Å². The normalized spacial score (nSPS) is 21.7. The number of unbranched alkanes of at least 4 members (excludes halogenated alkanes) is 5. The first-order valence-electron chi connectivity index (χ1n) is 36.9. The van der Waals surface area contributed by atoms with E-state index in [1.807, 2.05) is 10.6 Å². The van der Waals surface area contributed by atoms with Crippen molar-refractivity contribution in [3.63, 3.8) is 0 Å². The van der Waals surface area contributed by atoms with E-state index in [0.29, 0.717) is 35.2 Å². The molecule has 0 saturated carbocycles. The fourth-order valence-corrected chi connectivity index (χ4v) is 11.6. The minimum atomic E-state index is -2.33. The van der Waals surface area contributed by atoms with Crippen molar-refractivity contribution in [2.45, 2.75) is 237 Å². The number of primary amides is 2. The van der Waals surface area contributed by atoms with Crippen LogP contribution in [0.5, 0.6) is 0 Å². The Morgan fingerprint density at radius 2 is 1.05 bits per heavy atom. The Balaban J connectivity index is 2.19. The predicted octanol–water partition coefficient (Wildman–Crippen LogP) is -4.91. The lowest BCUT2D eigenvalue weighted by molar-refractivity contribution is -0.157. The highest BCUT2D eigenvalue weighted by molar-refractivity contribution is 6.02. The fourth-order valence-electron chi connectivity index (χ4n) is 11.6. The molecule has 42 nitrogen and oxygen atoms in total. The zero-order valence-corrected chi connectivity index (χ0v) is 64.0. The maximum Gasteiger partial charge on any atom is 0.329 e. The SMILES string of the molecule is CCC(C)CCCCCCCCC(=O)NC(Cc1c[nH]c2ccccc12)C(=O)NC(CC(N)=O)C(=O)NC(CC(=O)O)C(=O)NC1C(=O)NCC(=O)NC(CCCN)C(=O)NC(CC(=O)O)C(=O)NC(C)C(=O)NC(CC(=O)O)C(=O)NCC(=O)NC(CC(N)=O)C(=O)NC(C(C)CC(=O)O)C(=O)NC(C(C)C)C(=O)OC1C. The van der Waals surface area contributed by atoms with Crippen molar-refractivity contribution in [1.29, 1.82) is 0 Å². The highest BCUT2D eigenvalue weighted by Crippen LogP contribution is 2.21. The number of para-hydroxylation sites is 1. The van der Waals surface area contributed by atoms with Gasteiger partial charge < -0.3 is 116 Å². The van der Waals surface area contributed by atoms with Gasteiger partial charge in [0, 0.05) is 29.9 Å². The van der Waals surface area contributed by atoms with Gasteiger partial charge in [-0.25, -0.2) is 4.79 Å². The van der Waals surface area contributed by atoms with Gasteiger partial charge in [-0.2, -0.15) is 0 Å². The molecular formula is C71H107N17O25. The van der Waals surface area contributed by atoms with E-state index >= 15 is 0 Å². The van der Waals surface area contributed by atoms with E-state index in [0.717, 1.165) is 59.3 Å². The van der Waals surface area contributed by atoms with Gasteiger partial charge in [0.2, 0.25) is 88.6 Å². The van der Waals surface area contributed by atoms with E-state index in [9.17, 15) is 116 Å². The molecule has 2 aromatic rings. The zero-order chi connectivity index (χ0) is 84.9. The molecule has 1 aromatic carbocycles. The molecule has 0 aliphatic carbocycles. The third-order valence-corrected chi connectivity index (χ3v) is 18.1. The number of rotatable bonds is 36. The summed E-state index contributed by atoms with van der Waals surface area (Å²) in [6.45, 7) is 7.57. The summed E-state index contributed by atoms with van der Waals surface area (Å²) in [4.78, 5) is 273. The molecule has 15 amide bonds. The number of ether oxygens (including phenoxy) is 1. The first kappa shape index (κ1) is 95.3. The summed E-state index contributed by atoms with van der Waals surface area (Å²) in [6.07, 6.45) is -0.514. The molecule has 14 atom stereocenters. The molecule has 2 heterocycles. The number of fused-ring (bicyclic) bond motifs is 1. The minimum Gasteiger partial charge on any atom is -0.481 e. The number of carbonyl (C=O) groups excluding carboxylic acids is 16. The summed E-state index contributed by atoms with van der Waals surface area (Å²) in [5, 5.41) is 68.6. The van der Waals surface area contributed by atoms with Gasteiger partial charge in [0.1, 0.15) is 72.6 Å². The monoisotopic (exact) mass is 1600 g/mol. The third-order valence-electron chi connectivity index (χ3n) is 18.1. The largest absolute Gasteiger partial charge is 0.481 e. The van der Waals surface area contributed by atoms with Crippen LogP contribution in [0.1, 0.15) is 163 Å². The van der Waals surface area contributed by atoms with Gasteiger partial charge in [-0.05, 0) is 69.0 Å². The average Bonchev–Trinajstić information content (AvgIpc) is 1.71. The molecule has 1 fully saturated rings.